The summed E-state index contributed by atoms with van der Waals surface area (Å²) < 4.78 is 0. The first kappa shape index (κ1) is 15.5. The molecular formula is C15H29N3. The summed E-state index contributed by atoms with van der Waals surface area (Å²) in [6.07, 6.45) is 5.62. The molecule has 0 aliphatic heterocycles. The lowest BCUT2D eigenvalue weighted by atomic mass is 9.79. The van der Waals surface area contributed by atoms with Gasteiger partial charge in [0.05, 0.1) is 6.07 Å². The third kappa shape index (κ3) is 3.70. The van der Waals surface area contributed by atoms with E-state index < -0.39 is 0 Å². The van der Waals surface area contributed by atoms with E-state index in [9.17, 15) is 5.26 Å². The molecule has 1 aliphatic rings. The van der Waals surface area contributed by atoms with Crippen molar-refractivity contribution in [2.24, 2.45) is 5.92 Å². The summed E-state index contributed by atoms with van der Waals surface area (Å²) in [5, 5.41) is 12.7. The second-order valence-corrected chi connectivity index (χ2v) is 5.80. The zero-order chi connectivity index (χ0) is 13.6. The minimum atomic E-state index is -0.286. The summed E-state index contributed by atoms with van der Waals surface area (Å²) in [6.45, 7) is 9.08. The van der Waals surface area contributed by atoms with E-state index in [1.54, 1.807) is 0 Å². The molecular weight excluding hydrogens is 222 g/mol. The van der Waals surface area contributed by atoms with E-state index in [0.717, 1.165) is 31.7 Å². The smallest absolute Gasteiger partial charge is 0.108 e. The van der Waals surface area contributed by atoms with Gasteiger partial charge in [-0.3, -0.25) is 0 Å². The standard InChI is InChI=1S/C15H29N3/c1-5-13(3)11-18(6-2)14-8-7-9-15(10-14,12-16)17-4/h13-14,17H,5-11H2,1-4H3. The van der Waals surface area contributed by atoms with Crippen LogP contribution in [0.2, 0.25) is 0 Å². The molecule has 1 N–H and O–H groups in total. The molecule has 1 aliphatic carbocycles. The quantitative estimate of drug-likeness (QED) is 0.789. The van der Waals surface area contributed by atoms with Gasteiger partial charge in [0, 0.05) is 12.6 Å². The lowest BCUT2D eigenvalue weighted by molar-refractivity contribution is 0.113. The first-order chi connectivity index (χ1) is 8.60. The largest absolute Gasteiger partial charge is 0.302 e. The van der Waals surface area contributed by atoms with Gasteiger partial charge < -0.3 is 10.2 Å². The Morgan fingerprint density at radius 1 is 1.50 bits per heavy atom. The zero-order valence-corrected chi connectivity index (χ0v) is 12.5. The lowest BCUT2D eigenvalue weighted by Crippen LogP contribution is -2.52. The first-order valence-corrected chi connectivity index (χ1v) is 7.45. The molecule has 0 bridgehead atoms. The highest BCUT2D eigenvalue weighted by Crippen LogP contribution is 2.31. The van der Waals surface area contributed by atoms with Crippen molar-refractivity contribution < 1.29 is 0 Å². The van der Waals surface area contributed by atoms with Crippen LogP contribution < -0.4 is 5.32 Å². The van der Waals surface area contributed by atoms with Crippen LogP contribution in [0.25, 0.3) is 0 Å². The van der Waals surface area contributed by atoms with Crippen molar-refractivity contribution in [3.05, 3.63) is 0 Å². The lowest BCUT2D eigenvalue weighted by Gasteiger charge is -2.41. The molecule has 3 atom stereocenters. The Labute approximate surface area is 113 Å². The Balaban J connectivity index is 2.66. The van der Waals surface area contributed by atoms with Gasteiger partial charge in [-0.15, -0.1) is 0 Å². The summed E-state index contributed by atoms with van der Waals surface area (Å²) in [6, 6.07) is 3.08. The van der Waals surface area contributed by atoms with Crippen LogP contribution in [0.4, 0.5) is 0 Å². The topological polar surface area (TPSA) is 39.1 Å². The molecule has 0 aromatic carbocycles. The van der Waals surface area contributed by atoms with Crippen LogP contribution in [0.5, 0.6) is 0 Å². The van der Waals surface area contributed by atoms with Gasteiger partial charge in [-0.1, -0.05) is 27.2 Å². The normalized spacial score (nSPS) is 30.1. The van der Waals surface area contributed by atoms with Crippen molar-refractivity contribution in [2.75, 3.05) is 20.1 Å². The predicted octanol–water partition coefficient (Wildman–Crippen LogP) is 2.78. The minimum absolute atomic E-state index is 0.286. The number of nitrogens with one attached hydrogen (secondary N) is 1. The van der Waals surface area contributed by atoms with Crippen molar-refractivity contribution in [3.8, 4) is 6.07 Å². The molecule has 0 heterocycles. The number of rotatable bonds is 6. The molecule has 0 aromatic rings. The van der Waals surface area contributed by atoms with Crippen LogP contribution in [-0.2, 0) is 0 Å². The Kier molecular flexibility index (Phi) is 6.11. The van der Waals surface area contributed by atoms with Gasteiger partial charge in [-0.2, -0.15) is 5.26 Å². The molecule has 0 radical (unpaired) electrons. The van der Waals surface area contributed by atoms with E-state index in [2.05, 4.69) is 37.1 Å². The van der Waals surface area contributed by atoms with Crippen molar-refractivity contribution >= 4 is 0 Å². The van der Waals surface area contributed by atoms with Crippen molar-refractivity contribution in [1.29, 1.82) is 5.26 Å². The van der Waals surface area contributed by atoms with Gasteiger partial charge in [0.1, 0.15) is 5.54 Å². The molecule has 0 amide bonds. The molecule has 3 heteroatoms. The van der Waals surface area contributed by atoms with Gasteiger partial charge in [-0.05, 0) is 45.2 Å². The number of nitrogens with zero attached hydrogens (tertiary/aromatic N) is 2. The minimum Gasteiger partial charge on any atom is -0.302 e. The number of hydrogen-bond acceptors (Lipinski definition) is 3. The van der Waals surface area contributed by atoms with Crippen molar-refractivity contribution in [2.45, 2.75) is 64.5 Å². The van der Waals surface area contributed by atoms with Gasteiger partial charge in [0.15, 0.2) is 0 Å². The van der Waals surface area contributed by atoms with Gasteiger partial charge >= 0.3 is 0 Å². The third-order valence-electron chi connectivity index (χ3n) is 4.58. The second-order valence-electron chi connectivity index (χ2n) is 5.80. The Morgan fingerprint density at radius 3 is 2.72 bits per heavy atom. The number of hydrogen-bond donors (Lipinski definition) is 1. The summed E-state index contributed by atoms with van der Waals surface area (Å²) >= 11 is 0. The average molecular weight is 251 g/mol. The van der Waals surface area contributed by atoms with Crippen LogP contribution in [-0.4, -0.2) is 36.6 Å². The Bertz CT molecular complexity index is 284. The van der Waals surface area contributed by atoms with E-state index in [1.807, 2.05) is 7.05 Å². The molecule has 3 unspecified atom stereocenters. The summed E-state index contributed by atoms with van der Waals surface area (Å²) in [4.78, 5) is 2.58. The molecule has 0 aromatic heterocycles. The number of nitriles is 1. The average Bonchev–Trinajstić information content (AvgIpc) is 2.44. The van der Waals surface area contributed by atoms with Gasteiger partial charge in [-0.25, -0.2) is 0 Å². The maximum absolute atomic E-state index is 9.41. The molecule has 104 valence electrons. The van der Waals surface area contributed by atoms with Crippen molar-refractivity contribution in [1.82, 2.24) is 10.2 Å². The highest BCUT2D eigenvalue weighted by molar-refractivity contribution is 5.10. The zero-order valence-electron chi connectivity index (χ0n) is 12.5. The fraction of sp³-hybridized carbons (Fsp3) is 0.933. The van der Waals surface area contributed by atoms with Crippen LogP contribution in [0.3, 0.4) is 0 Å². The van der Waals surface area contributed by atoms with Crippen LogP contribution >= 0.6 is 0 Å². The van der Waals surface area contributed by atoms with E-state index in [1.165, 1.54) is 19.4 Å². The van der Waals surface area contributed by atoms with Crippen LogP contribution in [0.1, 0.15) is 52.9 Å². The first-order valence-electron chi connectivity index (χ1n) is 7.45. The molecule has 0 saturated heterocycles. The van der Waals surface area contributed by atoms with E-state index in [0.29, 0.717) is 6.04 Å². The Morgan fingerprint density at radius 2 is 2.22 bits per heavy atom. The van der Waals surface area contributed by atoms with Gasteiger partial charge in [0.2, 0.25) is 0 Å². The SMILES string of the molecule is CCC(C)CN(CC)C1CCCC(C#N)(NC)C1. The van der Waals surface area contributed by atoms with E-state index in [4.69, 9.17) is 0 Å². The molecule has 1 saturated carbocycles. The molecule has 18 heavy (non-hydrogen) atoms. The van der Waals surface area contributed by atoms with Crippen LogP contribution in [0, 0.1) is 17.2 Å². The third-order valence-corrected chi connectivity index (χ3v) is 4.58. The molecule has 1 fully saturated rings. The summed E-state index contributed by atoms with van der Waals surface area (Å²) in [7, 11) is 1.93. The van der Waals surface area contributed by atoms with Crippen LogP contribution in [0.15, 0.2) is 0 Å². The van der Waals surface area contributed by atoms with E-state index >= 15 is 0 Å². The monoisotopic (exact) mass is 251 g/mol. The predicted molar refractivity (Wildman–Crippen MR) is 76.4 cm³/mol. The molecule has 1 rings (SSSR count). The van der Waals surface area contributed by atoms with Crippen molar-refractivity contribution in [3.63, 3.8) is 0 Å². The Hall–Kier alpha value is -0.590. The maximum Gasteiger partial charge on any atom is 0.108 e. The fourth-order valence-electron chi connectivity index (χ4n) is 3.01. The summed E-state index contributed by atoms with van der Waals surface area (Å²) in [5.41, 5.74) is -0.286. The second kappa shape index (κ2) is 7.11. The molecule has 0 spiro atoms. The van der Waals surface area contributed by atoms with Gasteiger partial charge in [0.25, 0.3) is 0 Å². The maximum atomic E-state index is 9.41. The fourth-order valence-corrected chi connectivity index (χ4v) is 3.01. The van der Waals surface area contributed by atoms with E-state index in [-0.39, 0.29) is 5.54 Å². The molecule has 3 nitrogen and oxygen atoms in total. The highest BCUT2D eigenvalue weighted by atomic mass is 15.2. The highest BCUT2D eigenvalue weighted by Gasteiger charge is 2.37. The summed E-state index contributed by atoms with van der Waals surface area (Å²) in [5.74, 6) is 0.748.